The molecule has 3 unspecified atom stereocenters. The Balaban J connectivity index is 1.75. The third-order valence-corrected chi connectivity index (χ3v) is 5.44. The van der Waals surface area contributed by atoms with Gasteiger partial charge >= 0.3 is 0 Å². The molecular weight excluding hydrogens is 268 g/mol. The Morgan fingerprint density at radius 1 is 1.24 bits per heavy atom. The Kier molecular flexibility index (Phi) is 4.86. The Hall–Kier alpha value is -0.200. The van der Waals surface area contributed by atoms with E-state index in [1.54, 1.807) is 0 Å². The monoisotopic (exact) mass is 298 g/mol. The fraction of sp³-hybridized carbons (Fsp3) is 1.00. The molecule has 21 heavy (non-hydrogen) atoms. The van der Waals surface area contributed by atoms with Gasteiger partial charge in [0.25, 0.3) is 0 Å². The van der Waals surface area contributed by atoms with E-state index in [1.807, 2.05) is 0 Å². The second-order valence-corrected chi connectivity index (χ2v) is 6.90. The average Bonchev–Trinajstić information content (AvgIpc) is 2.84. The van der Waals surface area contributed by atoms with Crippen LogP contribution in [0.4, 0.5) is 0 Å². The molecule has 5 heteroatoms. The molecule has 3 aliphatic rings. The molecule has 1 aliphatic carbocycles. The molecule has 0 bridgehead atoms. The van der Waals surface area contributed by atoms with Gasteiger partial charge in [0.1, 0.15) is 0 Å². The van der Waals surface area contributed by atoms with Gasteiger partial charge in [0.05, 0.1) is 19.3 Å². The van der Waals surface area contributed by atoms with Crippen molar-refractivity contribution >= 4 is 0 Å². The molecule has 1 spiro atoms. The summed E-state index contributed by atoms with van der Waals surface area (Å²) in [7, 11) is 2.20. The molecule has 1 N–H and O–H groups in total. The van der Waals surface area contributed by atoms with Crippen LogP contribution in [0.1, 0.15) is 39.0 Å². The van der Waals surface area contributed by atoms with Crippen molar-refractivity contribution in [2.75, 3.05) is 39.9 Å². The maximum absolute atomic E-state index is 10.6. The Morgan fingerprint density at radius 2 is 2.00 bits per heavy atom. The van der Waals surface area contributed by atoms with Gasteiger partial charge in [-0.05, 0) is 32.9 Å². The quantitative estimate of drug-likeness (QED) is 0.826. The van der Waals surface area contributed by atoms with Gasteiger partial charge in [-0.3, -0.25) is 4.90 Å². The van der Waals surface area contributed by atoms with Gasteiger partial charge in [0.15, 0.2) is 5.79 Å². The summed E-state index contributed by atoms with van der Waals surface area (Å²) in [5, 5.41) is 10.6. The summed E-state index contributed by atoms with van der Waals surface area (Å²) >= 11 is 0. The van der Waals surface area contributed by atoms with E-state index in [4.69, 9.17) is 9.47 Å². The molecule has 3 fully saturated rings. The third-order valence-electron chi connectivity index (χ3n) is 5.44. The van der Waals surface area contributed by atoms with Crippen LogP contribution in [0, 0.1) is 0 Å². The highest BCUT2D eigenvalue weighted by atomic mass is 16.7. The van der Waals surface area contributed by atoms with Crippen molar-refractivity contribution in [3.8, 4) is 0 Å². The molecule has 3 atom stereocenters. The van der Waals surface area contributed by atoms with Crippen molar-refractivity contribution < 1.29 is 14.6 Å². The lowest BCUT2D eigenvalue weighted by atomic mass is 9.85. The number of aliphatic hydroxyl groups excluding tert-OH is 1. The van der Waals surface area contributed by atoms with Crippen molar-refractivity contribution in [1.29, 1.82) is 0 Å². The van der Waals surface area contributed by atoms with Gasteiger partial charge in [-0.25, -0.2) is 0 Å². The van der Waals surface area contributed by atoms with Gasteiger partial charge in [-0.1, -0.05) is 6.92 Å². The summed E-state index contributed by atoms with van der Waals surface area (Å²) in [5.41, 5.74) is 0. The van der Waals surface area contributed by atoms with Gasteiger partial charge in [0, 0.05) is 38.0 Å². The summed E-state index contributed by atoms with van der Waals surface area (Å²) in [6.45, 7) is 6.96. The minimum atomic E-state index is -0.416. The smallest absolute Gasteiger partial charge is 0.170 e. The number of ether oxygens (including phenoxy) is 2. The first-order valence-corrected chi connectivity index (χ1v) is 8.54. The fourth-order valence-electron chi connectivity index (χ4n) is 4.28. The predicted molar refractivity (Wildman–Crippen MR) is 81.2 cm³/mol. The molecular formula is C16H30N2O3. The lowest BCUT2D eigenvalue weighted by Crippen LogP contribution is -2.57. The van der Waals surface area contributed by atoms with E-state index in [-0.39, 0.29) is 12.1 Å². The number of nitrogens with zero attached hydrogens (tertiary/aromatic N) is 2. The van der Waals surface area contributed by atoms with Crippen LogP contribution in [-0.4, -0.2) is 78.8 Å². The molecule has 0 amide bonds. The summed E-state index contributed by atoms with van der Waals surface area (Å²) in [6.07, 6.45) is 4.48. The highest BCUT2D eigenvalue weighted by molar-refractivity contribution is 4.96. The van der Waals surface area contributed by atoms with Crippen LogP contribution >= 0.6 is 0 Å². The maximum Gasteiger partial charge on any atom is 0.170 e. The number of rotatable bonds is 2. The van der Waals surface area contributed by atoms with Crippen LogP contribution in [0.25, 0.3) is 0 Å². The molecule has 0 aromatic rings. The summed E-state index contributed by atoms with van der Waals surface area (Å²) in [4.78, 5) is 4.96. The predicted octanol–water partition coefficient (Wildman–Crippen LogP) is 1.06. The number of aliphatic hydroxyl groups is 1. The first-order valence-electron chi connectivity index (χ1n) is 8.54. The second kappa shape index (κ2) is 6.50. The van der Waals surface area contributed by atoms with E-state index < -0.39 is 5.79 Å². The van der Waals surface area contributed by atoms with Crippen molar-refractivity contribution in [3.05, 3.63) is 0 Å². The van der Waals surface area contributed by atoms with Gasteiger partial charge in [-0.2, -0.15) is 0 Å². The maximum atomic E-state index is 10.6. The lowest BCUT2D eigenvalue weighted by molar-refractivity contribution is -0.207. The van der Waals surface area contributed by atoms with Crippen molar-refractivity contribution in [1.82, 2.24) is 9.80 Å². The topological polar surface area (TPSA) is 45.2 Å². The summed E-state index contributed by atoms with van der Waals surface area (Å²) in [6, 6.07) is 0.696. The SMILES string of the molecule is CCC1CN(C)CCCN1C1CC2(CCC1O)OCCO2. The van der Waals surface area contributed by atoms with E-state index >= 15 is 0 Å². The zero-order valence-corrected chi connectivity index (χ0v) is 13.5. The summed E-state index contributed by atoms with van der Waals surface area (Å²) in [5.74, 6) is -0.416. The number of likely N-dealkylation sites (N-methyl/N-ethyl adjacent to an activating group) is 1. The first-order chi connectivity index (χ1) is 10.1. The van der Waals surface area contributed by atoms with Crippen LogP contribution in [0.3, 0.4) is 0 Å². The number of hydrogen-bond acceptors (Lipinski definition) is 5. The highest BCUT2D eigenvalue weighted by Gasteiger charge is 2.47. The normalized spacial score (nSPS) is 38.7. The minimum absolute atomic E-state index is 0.174. The van der Waals surface area contributed by atoms with Crippen molar-refractivity contribution in [3.63, 3.8) is 0 Å². The van der Waals surface area contributed by atoms with E-state index in [0.717, 1.165) is 45.3 Å². The average molecular weight is 298 g/mol. The van der Waals surface area contributed by atoms with Crippen LogP contribution < -0.4 is 0 Å². The number of hydrogen-bond donors (Lipinski definition) is 1. The van der Waals surface area contributed by atoms with Crippen LogP contribution in [0.2, 0.25) is 0 Å². The fourth-order valence-corrected chi connectivity index (χ4v) is 4.28. The van der Waals surface area contributed by atoms with Gasteiger partial charge in [-0.15, -0.1) is 0 Å². The van der Waals surface area contributed by atoms with Gasteiger partial charge < -0.3 is 19.5 Å². The van der Waals surface area contributed by atoms with Crippen LogP contribution in [-0.2, 0) is 9.47 Å². The van der Waals surface area contributed by atoms with Crippen molar-refractivity contribution in [2.24, 2.45) is 0 Å². The minimum Gasteiger partial charge on any atom is -0.391 e. The molecule has 3 rings (SSSR count). The van der Waals surface area contributed by atoms with Crippen LogP contribution in [0.15, 0.2) is 0 Å². The van der Waals surface area contributed by atoms with E-state index in [0.29, 0.717) is 19.3 Å². The Bertz CT molecular complexity index is 346. The molecule has 1 saturated carbocycles. The molecule has 2 saturated heterocycles. The Morgan fingerprint density at radius 3 is 2.71 bits per heavy atom. The molecule has 2 heterocycles. The molecule has 0 aromatic carbocycles. The Labute approximate surface area is 128 Å². The lowest BCUT2D eigenvalue weighted by Gasteiger charge is -2.46. The zero-order chi connectivity index (χ0) is 14.9. The molecule has 0 radical (unpaired) electrons. The van der Waals surface area contributed by atoms with Gasteiger partial charge in [0.2, 0.25) is 0 Å². The molecule has 122 valence electrons. The van der Waals surface area contributed by atoms with Crippen molar-refractivity contribution in [2.45, 2.75) is 63.0 Å². The highest BCUT2D eigenvalue weighted by Crippen LogP contribution is 2.39. The standard InChI is InChI=1S/C16H30N2O3/c1-3-13-12-17(2)7-4-8-18(13)14-11-16(6-5-15(14)19)20-9-10-21-16/h13-15,19H,3-12H2,1-2H3. The molecule has 2 aliphatic heterocycles. The van der Waals surface area contributed by atoms with E-state index in [1.165, 1.54) is 6.42 Å². The van der Waals surface area contributed by atoms with E-state index in [9.17, 15) is 5.11 Å². The third kappa shape index (κ3) is 3.27. The molecule has 0 aromatic heterocycles. The first kappa shape index (κ1) is 15.7. The van der Waals surface area contributed by atoms with E-state index in [2.05, 4.69) is 23.8 Å². The molecule has 5 nitrogen and oxygen atoms in total. The second-order valence-electron chi connectivity index (χ2n) is 6.90. The largest absolute Gasteiger partial charge is 0.391 e. The summed E-state index contributed by atoms with van der Waals surface area (Å²) < 4.78 is 11.8. The van der Waals surface area contributed by atoms with Crippen LogP contribution in [0.5, 0.6) is 0 Å². The zero-order valence-electron chi connectivity index (χ0n) is 13.5.